The average molecular weight is 553 g/mol. The zero-order chi connectivity index (χ0) is 20.4. The number of hydrogen-bond acceptors (Lipinski definition) is 5. The number of nitrogens with zero attached hydrogens (tertiary/aromatic N) is 3. The summed E-state index contributed by atoms with van der Waals surface area (Å²) in [7, 11) is 3.70. The Morgan fingerprint density at radius 3 is 2.86 bits per heavy atom. The molecule has 0 radical (unpaired) electrons. The number of thiazole rings is 1. The molecule has 1 N–H and O–H groups in total. The lowest BCUT2D eigenvalue weighted by molar-refractivity contribution is 0.119. The number of ether oxygens (including phenoxy) is 1. The van der Waals surface area contributed by atoms with Crippen molar-refractivity contribution in [2.45, 2.75) is 32.2 Å². The van der Waals surface area contributed by atoms with E-state index >= 15 is 0 Å². The molecule has 0 aliphatic rings. The molecule has 1 unspecified atom stereocenters. The van der Waals surface area contributed by atoms with Crippen LogP contribution in [-0.4, -0.2) is 48.8 Å². The molecule has 2 rings (SSSR count). The van der Waals surface area contributed by atoms with Gasteiger partial charge in [0.15, 0.2) is 5.96 Å². The highest BCUT2D eigenvalue weighted by atomic mass is 127. The van der Waals surface area contributed by atoms with E-state index in [1.807, 2.05) is 26.1 Å². The number of methoxy groups -OCH3 is 1. The molecular weight excluding hydrogens is 522 g/mol. The number of halogens is 2. The van der Waals surface area contributed by atoms with Crippen LogP contribution in [0.3, 0.4) is 0 Å². The van der Waals surface area contributed by atoms with E-state index < -0.39 is 0 Å². The summed E-state index contributed by atoms with van der Waals surface area (Å²) in [4.78, 5) is 11.4. The minimum absolute atomic E-state index is 0. The predicted molar refractivity (Wildman–Crippen MR) is 133 cm³/mol. The van der Waals surface area contributed by atoms with E-state index in [2.05, 4.69) is 32.5 Å². The highest BCUT2D eigenvalue weighted by Gasteiger charge is 2.12. The summed E-state index contributed by atoms with van der Waals surface area (Å²) in [6.07, 6.45) is 0.0115. The number of hydrogen-bond donors (Lipinski definition) is 1. The fourth-order valence-corrected chi connectivity index (χ4v) is 4.14. The van der Waals surface area contributed by atoms with Gasteiger partial charge in [-0.1, -0.05) is 18.2 Å². The normalized spacial score (nSPS) is 12.4. The first-order chi connectivity index (χ1) is 13.5. The number of thioether (sulfide) groups is 1. The predicted octanol–water partition coefficient (Wildman–Crippen LogP) is 4.94. The van der Waals surface area contributed by atoms with Crippen molar-refractivity contribution in [1.82, 2.24) is 15.2 Å². The Bertz CT molecular complexity index is 760. The van der Waals surface area contributed by atoms with E-state index in [0.717, 1.165) is 34.5 Å². The second kappa shape index (κ2) is 14.2. The van der Waals surface area contributed by atoms with Gasteiger partial charge < -0.3 is 15.0 Å². The molecule has 0 aliphatic heterocycles. The van der Waals surface area contributed by atoms with E-state index in [4.69, 9.17) is 4.74 Å². The molecule has 162 valence electrons. The van der Waals surface area contributed by atoms with Crippen molar-refractivity contribution in [3.05, 3.63) is 51.7 Å². The number of guanidine groups is 1. The summed E-state index contributed by atoms with van der Waals surface area (Å²) in [5, 5.41) is 6.37. The average Bonchev–Trinajstić information content (AvgIpc) is 3.16. The Kier molecular flexibility index (Phi) is 12.8. The van der Waals surface area contributed by atoms with Crippen molar-refractivity contribution >= 4 is 53.0 Å². The van der Waals surface area contributed by atoms with Gasteiger partial charge in [0, 0.05) is 37.6 Å². The van der Waals surface area contributed by atoms with E-state index in [1.54, 1.807) is 36.3 Å². The first-order valence-electron chi connectivity index (χ1n) is 9.32. The Labute approximate surface area is 198 Å². The Balaban J connectivity index is 0.00000420. The van der Waals surface area contributed by atoms with Gasteiger partial charge in [-0.25, -0.2) is 9.37 Å². The molecule has 2 aromatic rings. The van der Waals surface area contributed by atoms with Crippen LogP contribution in [0.5, 0.6) is 0 Å². The van der Waals surface area contributed by atoms with Crippen molar-refractivity contribution in [1.29, 1.82) is 0 Å². The maximum Gasteiger partial charge on any atom is 0.194 e. The highest BCUT2D eigenvalue weighted by molar-refractivity contribution is 14.0. The smallest absolute Gasteiger partial charge is 0.194 e. The molecule has 0 fully saturated rings. The van der Waals surface area contributed by atoms with Gasteiger partial charge in [0.05, 0.1) is 18.8 Å². The fraction of sp³-hybridized carbons (Fsp3) is 0.500. The van der Waals surface area contributed by atoms with Crippen LogP contribution < -0.4 is 5.32 Å². The maximum atomic E-state index is 13.6. The minimum atomic E-state index is -0.142. The van der Waals surface area contributed by atoms with Gasteiger partial charge >= 0.3 is 0 Å². The second-order valence-corrected chi connectivity index (χ2v) is 8.29. The number of nitrogens with one attached hydrogen (secondary N) is 1. The van der Waals surface area contributed by atoms with Crippen LogP contribution in [0.2, 0.25) is 0 Å². The fourth-order valence-electron chi connectivity index (χ4n) is 2.48. The summed E-state index contributed by atoms with van der Waals surface area (Å²) < 4.78 is 19.0. The molecule has 0 spiro atoms. The number of aliphatic imine (C=N–C) groups is 1. The summed E-state index contributed by atoms with van der Waals surface area (Å²) in [6, 6.07) is 6.92. The van der Waals surface area contributed by atoms with Gasteiger partial charge in [-0.15, -0.1) is 35.3 Å². The highest BCUT2D eigenvalue weighted by Crippen LogP contribution is 2.21. The van der Waals surface area contributed by atoms with E-state index in [-0.39, 0.29) is 35.9 Å². The van der Waals surface area contributed by atoms with Crippen molar-refractivity contribution < 1.29 is 9.13 Å². The van der Waals surface area contributed by atoms with Crippen molar-refractivity contribution in [3.63, 3.8) is 0 Å². The lowest BCUT2D eigenvalue weighted by Gasteiger charge is -2.21. The van der Waals surface area contributed by atoms with Crippen LogP contribution in [-0.2, 0) is 17.0 Å². The molecule has 0 bridgehead atoms. The first-order valence-corrected chi connectivity index (χ1v) is 11.4. The van der Waals surface area contributed by atoms with Crippen molar-refractivity contribution in [2.75, 3.05) is 33.0 Å². The summed E-state index contributed by atoms with van der Waals surface area (Å²) in [5.74, 6) is 2.21. The van der Waals surface area contributed by atoms with Crippen LogP contribution in [0.4, 0.5) is 4.39 Å². The molecule has 29 heavy (non-hydrogen) atoms. The van der Waals surface area contributed by atoms with Crippen LogP contribution in [0.1, 0.15) is 36.2 Å². The van der Waals surface area contributed by atoms with Crippen LogP contribution in [0, 0.1) is 5.82 Å². The standard InChI is InChI=1S/C20H29FN4OS2.HI/c1-5-22-20(23-10-11-27-13-16-8-6-7-9-18(16)21)25(3)12-17-14-28-19(24-17)15(2)26-4;/h6-9,14-15H,5,10-13H2,1-4H3,(H,22,23);1H. The third-order valence-electron chi connectivity index (χ3n) is 4.08. The molecule has 0 amide bonds. The lowest BCUT2D eigenvalue weighted by atomic mass is 10.2. The molecule has 0 saturated carbocycles. The molecule has 5 nitrogen and oxygen atoms in total. The molecule has 1 aromatic carbocycles. The largest absolute Gasteiger partial charge is 0.375 e. The van der Waals surface area contributed by atoms with E-state index in [1.165, 1.54) is 6.07 Å². The third kappa shape index (κ3) is 8.77. The lowest BCUT2D eigenvalue weighted by Crippen LogP contribution is -2.38. The Morgan fingerprint density at radius 1 is 1.41 bits per heavy atom. The zero-order valence-corrected chi connectivity index (χ0v) is 21.3. The van der Waals surface area contributed by atoms with Gasteiger partial charge in [-0.05, 0) is 25.5 Å². The van der Waals surface area contributed by atoms with E-state index in [0.29, 0.717) is 18.8 Å². The van der Waals surface area contributed by atoms with Gasteiger partial charge in [-0.3, -0.25) is 4.99 Å². The Hall–Kier alpha value is -0.910. The molecule has 9 heteroatoms. The monoisotopic (exact) mass is 552 g/mol. The Morgan fingerprint density at radius 2 is 2.17 bits per heavy atom. The summed E-state index contributed by atoms with van der Waals surface area (Å²) in [5.41, 5.74) is 1.75. The summed E-state index contributed by atoms with van der Waals surface area (Å²) in [6.45, 7) is 6.21. The van der Waals surface area contributed by atoms with Crippen LogP contribution in [0.25, 0.3) is 0 Å². The molecular formula is C20H30FIN4OS2. The quantitative estimate of drug-likeness (QED) is 0.196. The number of aromatic nitrogens is 1. The summed E-state index contributed by atoms with van der Waals surface area (Å²) >= 11 is 3.30. The van der Waals surface area contributed by atoms with Gasteiger partial charge in [-0.2, -0.15) is 11.8 Å². The number of benzene rings is 1. The molecule has 0 aliphatic carbocycles. The SMILES string of the molecule is CCNC(=NCCSCc1ccccc1F)N(C)Cc1csc(C(C)OC)n1.I. The molecule has 1 heterocycles. The van der Waals surface area contributed by atoms with Crippen LogP contribution in [0.15, 0.2) is 34.6 Å². The molecule has 0 saturated heterocycles. The maximum absolute atomic E-state index is 13.6. The van der Waals surface area contributed by atoms with Crippen molar-refractivity contribution in [3.8, 4) is 0 Å². The third-order valence-corrected chi connectivity index (χ3v) is 6.12. The zero-order valence-electron chi connectivity index (χ0n) is 17.4. The first kappa shape index (κ1) is 26.1. The molecule has 1 aromatic heterocycles. The second-order valence-electron chi connectivity index (χ2n) is 6.29. The number of rotatable bonds is 10. The molecule has 1 atom stereocenters. The van der Waals surface area contributed by atoms with Crippen LogP contribution >= 0.6 is 47.1 Å². The van der Waals surface area contributed by atoms with Gasteiger partial charge in [0.25, 0.3) is 0 Å². The van der Waals surface area contributed by atoms with Gasteiger partial charge in [0.2, 0.25) is 0 Å². The van der Waals surface area contributed by atoms with E-state index in [9.17, 15) is 4.39 Å². The van der Waals surface area contributed by atoms with Gasteiger partial charge in [0.1, 0.15) is 16.9 Å². The van der Waals surface area contributed by atoms with Crippen molar-refractivity contribution in [2.24, 2.45) is 4.99 Å². The topological polar surface area (TPSA) is 49.8 Å². The minimum Gasteiger partial charge on any atom is -0.375 e.